The Balaban J connectivity index is 2.21. The van der Waals surface area contributed by atoms with Crippen molar-refractivity contribution in [3.05, 3.63) is 29.8 Å². The zero-order chi connectivity index (χ0) is 12.5. The first-order valence-corrected chi connectivity index (χ1v) is 5.86. The average Bonchev–Trinajstić information content (AvgIpc) is 2.30. The van der Waals surface area contributed by atoms with Gasteiger partial charge >= 0.3 is 0 Å². The Bertz CT molecular complexity index is 387. The van der Waals surface area contributed by atoms with E-state index in [1.165, 1.54) is 18.2 Å². The van der Waals surface area contributed by atoms with Crippen molar-refractivity contribution in [3.63, 3.8) is 0 Å². The van der Waals surface area contributed by atoms with Gasteiger partial charge in [-0.25, -0.2) is 8.78 Å². The van der Waals surface area contributed by atoms with Crippen LogP contribution >= 0.6 is 0 Å². The maximum Gasteiger partial charge on any atom is 0.279 e. The fourth-order valence-electron chi connectivity index (χ4n) is 2.35. The Kier molecular flexibility index (Phi) is 3.33. The minimum absolute atomic E-state index is 0.241. The lowest BCUT2D eigenvalue weighted by molar-refractivity contribution is -0.0850. The molecule has 1 fully saturated rings. The monoisotopic (exact) mass is 241 g/mol. The molecule has 0 atom stereocenters. The molecule has 1 saturated heterocycles. The first kappa shape index (κ1) is 12.3. The molecule has 4 heteroatoms. The smallest absolute Gasteiger partial charge is 0.279 e. The molecular weight excluding hydrogens is 224 g/mol. The summed E-state index contributed by atoms with van der Waals surface area (Å²) in [5, 5.41) is 9.54. The molecule has 17 heavy (non-hydrogen) atoms. The van der Waals surface area contributed by atoms with E-state index in [1.807, 2.05) is 7.05 Å². The summed E-state index contributed by atoms with van der Waals surface area (Å²) < 4.78 is 28.5. The molecular formula is C13H17F2NO. The lowest BCUT2D eigenvalue weighted by atomic mass is 9.86. The van der Waals surface area contributed by atoms with Gasteiger partial charge in [0.15, 0.2) is 0 Å². The Morgan fingerprint density at radius 3 is 2.41 bits per heavy atom. The number of phenols is 1. The molecule has 0 aromatic heterocycles. The lowest BCUT2D eigenvalue weighted by Crippen LogP contribution is -2.37. The standard InChI is InChI=1S/C13H17F2NO/c1-16-8-6-10(7-9-16)13(14,15)11-4-2-3-5-12(11)17/h2-5,10,17H,6-9H2,1H3. The molecule has 1 aliphatic rings. The third kappa shape index (κ3) is 2.41. The van der Waals surface area contributed by atoms with Gasteiger partial charge in [-0.15, -0.1) is 0 Å². The van der Waals surface area contributed by atoms with E-state index in [9.17, 15) is 13.9 Å². The number of likely N-dealkylation sites (tertiary alicyclic amines) is 1. The first-order chi connectivity index (χ1) is 8.01. The second kappa shape index (κ2) is 4.61. The summed E-state index contributed by atoms with van der Waals surface area (Å²) in [5.74, 6) is -3.92. The molecule has 94 valence electrons. The highest BCUT2D eigenvalue weighted by atomic mass is 19.3. The number of alkyl halides is 2. The second-order valence-corrected chi connectivity index (χ2v) is 4.72. The van der Waals surface area contributed by atoms with Gasteiger partial charge < -0.3 is 10.0 Å². The lowest BCUT2D eigenvalue weighted by Gasteiger charge is -2.34. The fourth-order valence-corrected chi connectivity index (χ4v) is 2.35. The minimum Gasteiger partial charge on any atom is -0.507 e. The summed E-state index contributed by atoms with van der Waals surface area (Å²) in [7, 11) is 1.94. The Hall–Kier alpha value is -1.16. The van der Waals surface area contributed by atoms with E-state index in [0.29, 0.717) is 25.9 Å². The summed E-state index contributed by atoms with van der Waals surface area (Å²) in [5.41, 5.74) is -0.241. The van der Waals surface area contributed by atoms with Crippen molar-refractivity contribution in [2.45, 2.75) is 18.8 Å². The van der Waals surface area contributed by atoms with Crippen LogP contribution in [0.2, 0.25) is 0 Å². The summed E-state index contributed by atoms with van der Waals surface area (Å²) >= 11 is 0. The molecule has 2 rings (SSSR count). The number of phenolic OH excluding ortho intramolecular Hbond substituents is 1. The highest BCUT2D eigenvalue weighted by Crippen LogP contribution is 2.44. The van der Waals surface area contributed by atoms with Crippen molar-refractivity contribution in [2.75, 3.05) is 20.1 Å². The van der Waals surface area contributed by atoms with E-state index in [4.69, 9.17) is 0 Å². The highest BCUT2D eigenvalue weighted by molar-refractivity contribution is 5.35. The van der Waals surface area contributed by atoms with Crippen LogP contribution in [0.5, 0.6) is 5.75 Å². The van der Waals surface area contributed by atoms with E-state index >= 15 is 0 Å². The highest BCUT2D eigenvalue weighted by Gasteiger charge is 2.43. The van der Waals surface area contributed by atoms with Gasteiger partial charge in [0.1, 0.15) is 5.75 Å². The van der Waals surface area contributed by atoms with Crippen LogP contribution in [0.25, 0.3) is 0 Å². The van der Waals surface area contributed by atoms with Crippen LogP contribution in [0.1, 0.15) is 18.4 Å². The van der Waals surface area contributed by atoms with Gasteiger partial charge in [-0.1, -0.05) is 12.1 Å². The van der Waals surface area contributed by atoms with Gasteiger partial charge in [0, 0.05) is 5.92 Å². The predicted molar refractivity (Wildman–Crippen MR) is 62.2 cm³/mol. The molecule has 0 amide bonds. The molecule has 1 aliphatic heterocycles. The van der Waals surface area contributed by atoms with E-state index in [1.54, 1.807) is 6.07 Å². The van der Waals surface area contributed by atoms with Crippen molar-refractivity contribution in [2.24, 2.45) is 5.92 Å². The van der Waals surface area contributed by atoms with Crippen molar-refractivity contribution in [1.29, 1.82) is 0 Å². The number of aromatic hydroxyl groups is 1. The van der Waals surface area contributed by atoms with Crippen molar-refractivity contribution in [1.82, 2.24) is 4.90 Å². The molecule has 0 radical (unpaired) electrons. The molecule has 0 saturated carbocycles. The van der Waals surface area contributed by atoms with E-state index in [2.05, 4.69) is 4.90 Å². The van der Waals surface area contributed by atoms with Gasteiger partial charge in [0.2, 0.25) is 0 Å². The number of benzene rings is 1. The summed E-state index contributed by atoms with van der Waals surface area (Å²) in [6, 6.07) is 5.73. The van der Waals surface area contributed by atoms with Gasteiger partial charge in [-0.2, -0.15) is 0 Å². The molecule has 0 unspecified atom stereocenters. The maximum absolute atomic E-state index is 14.3. The third-order valence-corrected chi connectivity index (χ3v) is 3.49. The van der Waals surface area contributed by atoms with Gasteiger partial charge in [-0.3, -0.25) is 0 Å². The van der Waals surface area contributed by atoms with Crippen LogP contribution in [0, 0.1) is 5.92 Å². The van der Waals surface area contributed by atoms with Crippen LogP contribution in [-0.2, 0) is 5.92 Å². The van der Waals surface area contributed by atoms with Crippen LogP contribution in [0.15, 0.2) is 24.3 Å². The number of piperidine rings is 1. The number of hydrogen-bond donors (Lipinski definition) is 1. The number of nitrogens with zero attached hydrogens (tertiary/aromatic N) is 1. The Morgan fingerprint density at radius 2 is 1.82 bits per heavy atom. The van der Waals surface area contributed by atoms with Gasteiger partial charge in [0.25, 0.3) is 5.92 Å². The zero-order valence-electron chi connectivity index (χ0n) is 9.87. The van der Waals surface area contributed by atoms with Gasteiger partial charge in [-0.05, 0) is 45.1 Å². The van der Waals surface area contributed by atoms with Gasteiger partial charge in [0.05, 0.1) is 5.56 Å². The zero-order valence-corrected chi connectivity index (χ0v) is 9.87. The van der Waals surface area contributed by atoms with E-state index < -0.39 is 11.8 Å². The molecule has 1 aromatic rings. The molecule has 2 nitrogen and oxygen atoms in total. The van der Waals surface area contributed by atoms with Crippen LogP contribution < -0.4 is 0 Å². The number of hydrogen-bond acceptors (Lipinski definition) is 2. The minimum atomic E-state index is -2.94. The Morgan fingerprint density at radius 1 is 1.24 bits per heavy atom. The average molecular weight is 241 g/mol. The second-order valence-electron chi connectivity index (χ2n) is 4.72. The van der Waals surface area contributed by atoms with E-state index in [0.717, 1.165) is 0 Å². The van der Waals surface area contributed by atoms with Crippen molar-refractivity contribution in [3.8, 4) is 5.75 Å². The number of para-hydroxylation sites is 1. The van der Waals surface area contributed by atoms with Crippen LogP contribution in [0.4, 0.5) is 8.78 Å². The van der Waals surface area contributed by atoms with Crippen LogP contribution in [0.3, 0.4) is 0 Å². The van der Waals surface area contributed by atoms with Crippen LogP contribution in [-0.4, -0.2) is 30.1 Å². The first-order valence-electron chi connectivity index (χ1n) is 5.86. The largest absolute Gasteiger partial charge is 0.507 e. The molecule has 1 N–H and O–H groups in total. The van der Waals surface area contributed by atoms with Crippen molar-refractivity contribution >= 4 is 0 Å². The van der Waals surface area contributed by atoms with Crippen molar-refractivity contribution < 1.29 is 13.9 Å². The maximum atomic E-state index is 14.3. The quantitative estimate of drug-likeness (QED) is 0.860. The topological polar surface area (TPSA) is 23.5 Å². The SMILES string of the molecule is CN1CCC(C(F)(F)c2ccccc2O)CC1. The third-order valence-electron chi connectivity index (χ3n) is 3.49. The Labute approximate surface area is 99.9 Å². The molecule has 0 spiro atoms. The summed E-state index contributed by atoms with van der Waals surface area (Å²) in [6.07, 6.45) is 0.940. The van der Waals surface area contributed by atoms with E-state index in [-0.39, 0.29) is 11.3 Å². The molecule has 0 bridgehead atoms. The molecule has 0 aliphatic carbocycles. The predicted octanol–water partition coefficient (Wildman–Crippen LogP) is 2.83. The number of rotatable bonds is 2. The number of halogens is 2. The summed E-state index contributed by atoms with van der Waals surface area (Å²) in [6.45, 7) is 1.38. The summed E-state index contributed by atoms with van der Waals surface area (Å²) in [4.78, 5) is 2.05. The normalized spacial score (nSPS) is 19.5. The molecule has 1 aromatic carbocycles. The molecule has 1 heterocycles. The fraction of sp³-hybridized carbons (Fsp3) is 0.538.